The molecular formula is C17H21N3O2S. The van der Waals surface area contributed by atoms with Gasteiger partial charge in [-0.15, -0.1) is 11.3 Å². The number of phenolic OH excluding ortho intramolecular Hbond substituents is 1. The van der Waals surface area contributed by atoms with Gasteiger partial charge in [-0.3, -0.25) is 9.69 Å². The van der Waals surface area contributed by atoms with Crippen LogP contribution in [0.1, 0.15) is 24.1 Å². The third kappa shape index (κ3) is 5.04. The number of hydrogen-bond donors (Lipinski definition) is 2. The van der Waals surface area contributed by atoms with Gasteiger partial charge < -0.3 is 10.4 Å². The minimum atomic E-state index is -0.0289. The maximum atomic E-state index is 12.3. The van der Waals surface area contributed by atoms with E-state index in [1.165, 1.54) is 24.2 Å². The number of carbonyl (C=O) groups excluding carboxylic acids is 1. The van der Waals surface area contributed by atoms with E-state index in [-0.39, 0.29) is 11.7 Å². The lowest BCUT2D eigenvalue weighted by Gasteiger charge is -2.21. The van der Waals surface area contributed by atoms with Crippen molar-refractivity contribution in [2.24, 2.45) is 5.92 Å². The fourth-order valence-corrected chi connectivity index (χ4v) is 3.19. The first-order chi connectivity index (χ1) is 11.1. The van der Waals surface area contributed by atoms with E-state index >= 15 is 0 Å². The highest BCUT2D eigenvalue weighted by Crippen LogP contribution is 2.30. The summed E-state index contributed by atoms with van der Waals surface area (Å²) >= 11 is 1.45. The molecule has 0 radical (unpaired) electrons. The second-order valence-electron chi connectivity index (χ2n) is 6.12. The van der Waals surface area contributed by atoms with Gasteiger partial charge in [0.15, 0.2) is 5.13 Å². The van der Waals surface area contributed by atoms with Crippen molar-refractivity contribution in [3.05, 3.63) is 40.9 Å². The summed E-state index contributed by atoms with van der Waals surface area (Å²) in [5, 5.41) is 14.8. The molecule has 0 saturated heterocycles. The largest absolute Gasteiger partial charge is 0.508 e. The number of anilines is 1. The van der Waals surface area contributed by atoms with E-state index in [0.29, 0.717) is 24.1 Å². The van der Waals surface area contributed by atoms with Crippen molar-refractivity contribution in [1.82, 2.24) is 9.88 Å². The minimum Gasteiger partial charge on any atom is -0.508 e. The van der Waals surface area contributed by atoms with Crippen LogP contribution in [0, 0.1) is 12.8 Å². The number of aromatic nitrogens is 1. The number of carbonyl (C=O) groups is 1. The molecule has 2 N–H and O–H groups in total. The molecule has 1 saturated carbocycles. The standard InChI is InChI=1S/C17H21N3O2S/c1-12-11-23-17(18-12)19-16(22)10-20(8-13-2-3-13)9-14-4-6-15(21)7-5-14/h4-7,11,13,21H,2-3,8-10H2,1H3,(H,18,19,22). The van der Waals surface area contributed by atoms with Crippen LogP contribution < -0.4 is 5.32 Å². The third-order valence-corrected chi connectivity index (χ3v) is 4.66. The SMILES string of the molecule is Cc1csc(NC(=O)CN(Cc2ccc(O)cc2)CC2CC2)n1. The second-order valence-corrected chi connectivity index (χ2v) is 6.98. The van der Waals surface area contributed by atoms with Crippen LogP contribution in [-0.2, 0) is 11.3 Å². The summed E-state index contributed by atoms with van der Waals surface area (Å²) in [6.07, 6.45) is 2.50. The third-order valence-electron chi connectivity index (χ3n) is 3.79. The highest BCUT2D eigenvalue weighted by atomic mass is 32.1. The molecule has 3 rings (SSSR count). The van der Waals surface area contributed by atoms with E-state index < -0.39 is 0 Å². The fraction of sp³-hybridized carbons (Fsp3) is 0.412. The minimum absolute atomic E-state index is 0.0289. The Labute approximate surface area is 140 Å². The summed E-state index contributed by atoms with van der Waals surface area (Å²) in [5.41, 5.74) is 2.02. The van der Waals surface area contributed by atoms with Crippen molar-refractivity contribution in [2.45, 2.75) is 26.3 Å². The molecule has 23 heavy (non-hydrogen) atoms. The molecule has 1 amide bonds. The molecule has 122 valence electrons. The molecule has 5 nitrogen and oxygen atoms in total. The fourth-order valence-electron chi connectivity index (χ4n) is 2.48. The van der Waals surface area contributed by atoms with Gasteiger partial charge in [0, 0.05) is 18.5 Å². The molecule has 1 aliphatic carbocycles. The van der Waals surface area contributed by atoms with Crippen molar-refractivity contribution in [3.8, 4) is 5.75 Å². The van der Waals surface area contributed by atoms with Crippen LogP contribution in [0.2, 0.25) is 0 Å². The predicted molar refractivity (Wildman–Crippen MR) is 91.6 cm³/mol. The summed E-state index contributed by atoms with van der Waals surface area (Å²) in [4.78, 5) is 18.7. The van der Waals surface area contributed by atoms with Crippen LogP contribution in [-0.4, -0.2) is 34.0 Å². The number of hydrogen-bond acceptors (Lipinski definition) is 5. The number of phenols is 1. The molecule has 1 heterocycles. The van der Waals surface area contributed by atoms with Crippen LogP contribution in [0.3, 0.4) is 0 Å². The maximum absolute atomic E-state index is 12.3. The van der Waals surface area contributed by atoms with Gasteiger partial charge in [-0.05, 0) is 43.4 Å². The maximum Gasteiger partial charge on any atom is 0.240 e. The van der Waals surface area contributed by atoms with Crippen LogP contribution in [0.15, 0.2) is 29.6 Å². The van der Waals surface area contributed by atoms with Crippen molar-refractivity contribution >= 4 is 22.4 Å². The quantitative estimate of drug-likeness (QED) is 0.818. The highest BCUT2D eigenvalue weighted by molar-refractivity contribution is 7.13. The molecule has 1 aromatic carbocycles. The van der Waals surface area contributed by atoms with Crippen LogP contribution in [0.25, 0.3) is 0 Å². The van der Waals surface area contributed by atoms with Gasteiger partial charge in [-0.25, -0.2) is 4.98 Å². The number of benzene rings is 1. The molecule has 1 fully saturated rings. The number of rotatable bonds is 7. The lowest BCUT2D eigenvalue weighted by Crippen LogP contribution is -2.34. The molecule has 2 aromatic rings. The van der Waals surface area contributed by atoms with Crippen molar-refractivity contribution < 1.29 is 9.90 Å². The molecule has 1 aliphatic rings. The Morgan fingerprint density at radius 3 is 2.74 bits per heavy atom. The molecule has 0 atom stereocenters. The molecule has 0 aliphatic heterocycles. The molecule has 6 heteroatoms. The normalized spacial score (nSPS) is 14.2. The van der Waals surface area contributed by atoms with Crippen LogP contribution >= 0.6 is 11.3 Å². The Hall–Kier alpha value is -1.92. The number of nitrogens with zero attached hydrogens (tertiary/aromatic N) is 2. The lowest BCUT2D eigenvalue weighted by atomic mass is 10.2. The molecule has 0 unspecified atom stereocenters. The summed E-state index contributed by atoms with van der Waals surface area (Å²) in [6.45, 7) is 3.92. The lowest BCUT2D eigenvalue weighted by molar-refractivity contribution is -0.117. The average molecular weight is 331 g/mol. The van der Waals surface area contributed by atoms with E-state index in [4.69, 9.17) is 0 Å². The zero-order valence-corrected chi connectivity index (χ0v) is 14.0. The van der Waals surface area contributed by atoms with E-state index in [2.05, 4.69) is 15.2 Å². The van der Waals surface area contributed by atoms with Gasteiger partial charge >= 0.3 is 0 Å². The summed E-state index contributed by atoms with van der Waals surface area (Å²) in [7, 11) is 0. The highest BCUT2D eigenvalue weighted by Gasteiger charge is 2.25. The number of thiazole rings is 1. The Bertz CT molecular complexity index is 665. The van der Waals surface area contributed by atoms with Gasteiger partial charge in [-0.1, -0.05) is 12.1 Å². The molecule has 1 aromatic heterocycles. The van der Waals surface area contributed by atoms with Crippen molar-refractivity contribution in [1.29, 1.82) is 0 Å². The van der Waals surface area contributed by atoms with Gasteiger partial charge in [0.05, 0.1) is 12.2 Å². The smallest absolute Gasteiger partial charge is 0.240 e. The first-order valence-electron chi connectivity index (χ1n) is 7.81. The number of aromatic hydroxyl groups is 1. The van der Waals surface area contributed by atoms with Gasteiger partial charge in [0.25, 0.3) is 0 Å². The van der Waals surface area contributed by atoms with Gasteiger partial charge in [0.1, 0.15) is 5.75 Å². The van der Waals surface area contributed by atoms with E-state index in [1.807, 2.05) is 24.4 Å². The zero-order valence-electron chi connectivity index (χ0n) is 13.2. The zero-order chi connectivity index (χ0) is 16.2. The second kappa shape index (κ2) is 7.10. The van der Waals surface area contributed by atoms with E-state index in [1.54, 1.807) is 12.1 Å². The average Bonchev–Trinajstić information content (AvgIpc) is 3.22. The van der Waals surface area contributed by atoms with Crippen molar-refractivity contribution in [2.75, 3.05) is 18.4 Å². The van der Waals surface area contributed by atoms with Crippen molar-refractivity contribution in [3.63, 3.8) is 0 Å². The Morgan fingerprint density at radius 2 is 2.13 bits per heavy atom. The monoisotopic (exact) mass is 331 g/mol. The molecular weight excluding hydrogens is 310 g/mol. The first-order valence-corrected chi connectivity index (χ1v) is 8.69. The summed E-state index contributed by atoms with van der Waals surface area (Å²) in [5.74, 6) is 0.945. The number of aryl methyl sites for hydroxylation is 1. The van der Waals surface area contributed by atoms with Gasteiger partial charge in [0.2, 0.25) is 5.91 Å². The van der Waals surface area contributed by atoms with Crippen LogP contribution in [0.5, 0.6) is 5.75 Å². The topological polar surface area (TPSA) is 65.5 Å². The Morgan fingerprint density at radius 1 is 1.39 bits per heavy atom. The van der Waals surface area contributed by atoms with E-state index in [0.717, 1.165) is 17.8 Å². The predicted octanol–water partition coefficient (Wildman–Crippen LogP) is 3.01. The summed E-state index contributed by atoms with van der Waals surface area (Å²) in [6, 6.07) is 7.17. The summed E-state index contributed by atoms with van der Waals surface area (Å²) < 4.78 is 0. The van der Waals surface area contributed by atoms with Gasteiger partial charge in [-0.2, -0.15) is 0 Å². The van der Waals surface area contributed by atoms with E-state index in [9.17, 15) is 9.90 Å². The molecule has 0 bridgehead atoms. The Kier molecular flexibility index (Phi) is 4.93. The first kappa shape index (κ1) is 16.0. The number of nitrogens with one attached hydrogen (secondary N) is 1. The van der Waals surface area contributed by atoms with Crippen LogP contribution in [0.4, 0.5) is 5.13 Å². The number of amides is 1. The molecule has 0 spiro atoms. The Balaban J connectivity index is 1.59.